The van der Waals surface area contributed by atoms with Gasteiger partial charge in [0.1, 0.15) is 5.82 Å². The van der Waals surface area contributed by atoms with Crippen LogP contribution in [0.3, 0.4) is 0 Å². The van der Waals surface area contributed by atoms with E-state index in [4.69, 9.17) is 0 Å². The van der Waals surface area contributed by atoms with E-state index in [1.54, 1.807) is 6.07 Å². The summed E-state index contributed by atoms with van der Waals surface area (Å²) in [6, 6.07) is 6.96. The molecular formula is C13H20FN3. The Hall–Kier alpha value is -0.970. The highest BCUT2D eigenvalue weighted by atomic mass is 19.1. The first-order valence-electron chi connectivity index (χ1n) is 6.11. The zero-order valence-corrected chi connectivity index (χ0v) is 10.5. The number of nitrogens with zero attached hydrogens (tertiary/aromatic N) is 2. The lowest BCUT2D eigenvalue weighted by Gasteiger charge is -2.34. The number of hydrogen-bond donors (Lipinski definition) is 1. The summed E-state index contributed by atoms with van der Waals surface area (Å²) in [5, 5.41) is 2.18. The van der Waals surface area contributed by atoms with Crippen LogP contribution in [0.5, 0.6) is 0 Å². The average molecular weight is 237 g/mol. The lowest BCUT2D eigenvalue weighted by Crippen LogP contribution is -2.51. The molecule has 0 aromatic heterocycles. The summed E-state index contributed by atoms with van der Waals surface area (Å²) in [6.45, 7) is 6.06. The molecule has 0 aliphatic carbocycles. The van der Waals surface area contributed by atoms with Gasteiger partial charge < -0.3 is 4.90 Å². The molecule has 17 heavy (non-hydrogen) atoms. The minimum Gasteiger partial charge on any atom is -0.304 e. The van der Waals surface area contributed by atoms with Crippen molar-refractivity contribution in [3.05, 3.63) is 35.6 Å². The number of rotatable bonds is 3. The number of halogens is 1. The summed E-state index contributed by atoms with van der Waals surface area (Å²) < 4.78 is 13.6. The van der Waals surface area contributed by atoms with E-state index in [1.807, 2.05) is 19.1 Å². The van der Waals surface area contributed by atoms with Crippen LogP contribution in [0, 0.1) is 5.82 Å². The van der Waals surface area contributed by atoms with E-state index >= 15 is 0 Å². The van der Waals surface area contributed by atoms with Crippen molar-refractivity contribution in [2.24, 2.45) is 0 Å². The summed E-state index contributed by atoms with van der Waals surface area (Å²) in [7, 11) is 2.12. The maximum Gasteiger partial charge on any atom is 0.128 e. The molecule has 0 amide bonds. The Labute approximate surface area is 102 Å². The highest BCUT2D eigenvalue weighted by Crippen LogP contribution is 2.16. The van der Waals surface area contributed by atoms with Crippen molar-refractivity contribution in [3.63, 3.8) is 0 Å². The summed E-state index contributed by atoms with van der Waals surface area (Å²) >= 11 is 0. The molecule has 1 unspecified atom stereocenters. The van der Waals surface area contributed by atoms with E-state index in [9.17, 15) is 4.39 Å². The lowest BCUT2D eigenvalue weighted by molar-refractivity contribution is 0.0892. The Balaban J connectivity index is 1.93. The SMILES string of the molecule is CC(NN1CCN(C)CC1)c1ccccc1F. The molecule has 94 valence electrons. The quantitative estimate of drug-likeness (QED) is 0.862. The molecule has 1 aliphatic heterocycles. The second-order valence-electron chi connectivity index (χ2n) is 4.66. The Morgan fingerprint density at radius 1 is 1.18 bits per heavy atom. The molecule has 1 heterocycles. The van der Waals surface area contributed by atoms with Gasteiger partial charge in [0.25, 0.3) is 0 Å². The molecule has 0 radical (unpaired) electrons. The van der Waals surface area contributed by atoms with Gasteiger partial charge in [-0.3, -0.25) is 0 Å². The van der Waals surface area contributed by atoms with Gasteiger partial charge >= 0.3 is 0 Å². The van der Waals surface area contributed by atoms with Gasteiger partial charge in [-0.2, -0.15) is 0 Å². The molecule has 1 fully saturated rings. The first-order chi connectivity index (χ1) is 8.16. The molecule has 1 N–H and O–H groups in total. The normalized spacial score (nSPS) is 20.4. The predicted molar refractivity (Wildman–Crippen MR) is 67.0 cm³/mol. The van der Waals surface area contributed by atoms with E-state index in [2.05, 4.69) is 22.4 Å². The Morgan fingerprint density at radius 2 is 1.82 bits per heavy atom. The highest BCUT2D eigenvalue weighted by molar-refractivity contribution is 5.20. The van der Waals surface area contributed by atoms with Gasteiger partial charge in [0.2, 0.25) is 0 Å². The third kappa shape index (κ3) is 3.25. The number of hydrazine groups is 1. The third-order valence-corrected chi connectivity index (χ3v) is 3.25. The van der Waals surface area contributed by atoms with Crippen LogP contribution in [0.25, 0.3) is 0 Å². The van der Waals surface area contributed by atoms with Crippen LogP contribution in [0.4, 0.5) is 4.39 Å². The summed E-state index contributed by atoms with van der Waals surface area (Å²) in [6.07, 6.45) is 0. The first-order valence-corrected chi connectivity index (χ1v) is 6.11. The molecule has 4 heteroatoms. The molecule has 3 nitrogen and oxygen atoms in total. The zero-order valence-electron chi connectivity index (χ0n) is 10.5. The molecule has 0 spiro atoms. The highest BCUT2D eigenvalue weighted by Gasteiger charge is 2.17. The summed E-state index contributed by atoms with van der Waals surface area (Å²) in [5.41, 5.74) is 4.09. The smallest absolute Gasteiger partial charge is 0.128 e. The van der Waals surface area contributed by atoms with E-state index in [0.717, 1.165) is 31.7 Å². The number of benzene rings is 1. The van der Waals surface area contributed by atoms with E-state index < -0.39 is 0 Å². The predicted octanol–water partition coefficient (Wildman–Crippen LogP) is 1.64. The van der Waals surface area contributed by atoms with Gasteiger partial charge in [0.05, 0.1) is 0 Å². The van der Waals surface area contributed by atoms with Crippen molar-refractivity contribution in [1.82, 2.24) is 15.3 Å². The molecule has 0 saturated carbocycles. The minimum absolute atomic E-state index is 0.0135. The van der Waals surface area contributed by atoms with Crippen LogP contribution < -0.4 is 5.43 Å². The fraction of sp³-hybridized carbons (Fsp3) is 0.538. The molecule has 1 aromatic rings. The standard InChI is InChI=1S/C13H20FN3/c1-11(12-5-3-4-6-13(12)14)15-17-9-7-16(2)8-10-17/h3-6,11,15H,7-10H2,1-2H3. The lowest BCUT2D eigenvalue weighted by atomic mass is 10.1. The third-order valence-electron chi connectivity index (χ3n) is 3.25. The van der Waals surface area contributed by atoms with Gasteiger partial charge in [-0.15, -0.1) is 0 Å². The van der Waals surface area contributed by atoms with Crippen LogP contribution in [-0.2, 0) is 0 Å². The number of nitrogens with one attached hydrogen (secondary N) is 1. The van der Waals surface area contributed by atoms with Crippen molar-refractivity contribution in [2.75, 3.05) is 33.2 Å². The molecule has 0 bridgehead atoms. The van der Waals surface area contributed by atoms with E-state index in [1.165, 1.54) is 6.07 Å². The molecule has 1 atom stereocenters. The van der Waals surface area contributed by atoms with Gasteiger partial charge in [0, 0.05) is 37.8 Å². The fourth-order valence-electron chi connectivity index (χ4n) is 2.11. The molecular weight excluding hydrogens is 217 g/mol. The average Bonchev–Trinajstić information content (AvgIpc) is 2.32. The van der Waals surface area contributed by atoms with Crippen LogP contribution in [0.1, 0.15) is 18.5 Å². The topological polar surface area (TPSA) is 18.5 Å². The first kappa shape index (κ1) is 12.5. The van der Waals surface area contributed by atoms with Gasteiger partial charge in [-0.1, -0.05) is 18.2 Å². The molecule has 1 saturated heterocycles. The van der Waals surface area contributed by atoms with E-state index in [-0.39, 0.29) is 11.9 Å². The van der Waals surface area contributed by atoms with Crippen molar-refractivity contribution >= 4 is 0 Å². The van der Waals surface area contributed by atoms with Crippen molar-refractivity contribution < 1.29 is 4.39 Å². The largest absolute Gasteiger partial charge is 0.304 e. The van der Waals surface area contributed by atoms with Crippen molar-refractivity contribution in [2.45, 2.75) is 13.0 Å². The fourth-order valence-corrected chi connectivity index (χ4v) is 2.11. The van der Waals surface area contributed by atoms with Gasteiger partial charge in [-0.05, 0) is 20.0 Å². The Bertz CT molecular complexity index is 361. The maximum absolute atomic E-state index is 13.6. The molecule has 2 rings (SSSR count). The summed E-state index contributed by atoms with van der Waals surface area (Å²) in [5.74, 6) is -0.137. The summed E-state index contributed by atoms with van der Waals surface area (Å²) in [4.78, 5) is 2.30. The second-order valence-corrected chi connectivity index (χ2v) is 4.66. The van der Waals surface area contributed by atoms with Gasteiger partial charge in [0.15, 0.2) is 0 Å². The van der Waals surface area contributed by atoms with Crippen LogP contribution in [-0.4, -0.2) is 43.1 Å². The number of hydrogen-bond acceptors (Lipinski definition) is 3. The van der Waals surface area contributed by atoms with Gasteiger partial charge in [-0.25, -0.2) is 14.8 Å². The molecule has 1 aliphatic rings. The number of piperazine rings is 1. The monoisotopic (exact) mass is 237 g/mol. The van der Waals surface area contributed by atoms with Crippen LogP contribution in [0.15, 0.2) is 24.3 Å². The van der Waals surface area contributed by atoms with Crippen LogP contribution in [0.2, 0.25) is 0 Å². The van der Waals surface area contributed by atoms with Crippen LogP contribution >= 0.6 is 0 Å². The second kappa shape index (κ2) is 5.58. The Morgan fingerprint density at radius 3 is 2.47 bits per heavy atom. The maximum atomic E-state index is 13.6. The Kier molecular flexibility index (Phi) is 4.10. The van der Waals surface area contributed by atoms with E-state index in [0.29, 0.717) is 0 Å². The minimum atomic E-state index is -0.137. The number of likely N-dealkylation sites (N-methyl/N-ethyl adjacent to an activating group) is 1. The van der Waals surface area contributed by atoms with Crippen molar-refractivity contribution in [1.29, 1.82) is 0 Å². The zero-order chi connectivity index (χ0) is 12.3. The molecule has 1 aromatic carbocycles. The van der Waals surface area contributed by atoms with Crippen molar-refractivity contribution in [3.8, 4) is 0 Å².